The second kappa shape index (κ2) is 9.54. The number of nitrogens with one attached hydrogen (secondary N) is 2. The van der Waals surface area contributed by atoms with Crippen LogP contribution in [0.2, 0.25) is 0 Å². The summed E-state index contributed by atoms with van der Waals surface area (Å²) in [6, 6.07) is 14.7. The lowest BCUT2D eigenvalue weighted by atomic mass is 10.1. The summed E-state index contributed by atoms with van der Waals surface area (Å²) in [4.78, 5) is 48.2. The van der Waals surface area contributed by atoms with Crippen LogP contribution in [0.5, 0.6) is 0 Å². The number of H-pyrrole nitrogens is 1. The van der Waals surface area contributed by atoms with Crippen molar-refractivity contribution < 1.29 is 9.59 Å². The van der Waals surface area contributed by atoms with Crippen LogP contribution in [-0.2, 0) is 9.59 Å². The van der Waals surface area contributed by atoms with Crippen LogP contribution in [-0.4, -0.2) is 38.1 Å². The molecule has 0 bridgehead atoms. The van der Waals surface area contributed by atoms with Crippen LogP contribution in [0.15, 0.2) is 58.7 Å². The van der Waals surface area contributed by atoms with Gasteiger partial charge in [0.2, 0.25) is 17.8 Å². The summed E-state index contributed by atoms with van der Waals surface area (Å²) in [7, 11) is 0. The van der Waals surface area contributed by atoms with Gasteiger partial charge in [0, 0.05) is 30.8 Å². The van der Waals surface area contributed by atoms with Gasteiger partial charge in [-0.3, -0.25) is 19.4 Å². The first-order valence-electron chi connectivity index (χ1n) is 11.7. The number of anilines is 2. The molecule has 2 N–H and O–H groups in total. The van der Waals surface area contributed by atoms with E-state index in [0.717, 1.165) is 16.1 Å². The Kier molecular flexibility index (Phi) is 6.27. The maximum absolute atomic E-state index is 13.3. The zero-order valence-electron chi connectivity index (χ0n) is 20.2. The molecule has 3 aromatic heterocycles. The van der Waals surface area contributed by atoms with Crippen molar-refractivity contribution in [2.24, 2.45) is 5.92 Å². The van der Waals surface area contributed by atoms with E-state index in [1.807, 2.05) is 62.5 Å². The first-order chi connectivity index (χ1) is 17.3. The van der Waals surface area contributed by atoms with Gasteiger partial charge >= 0.3 is 0 Å². The first kappa shape index (κ1) is 23.7. The van der Waals surface area contributed by atoms with Gasteiger partial charge in [-0.05, 0) is 42.0 Å². The number of rotatable bonds is 6. The molecule has 0 spiro atoms. The largest absolute Gasteiger partial charge is 0.312 e. The van der Waals surface area contributed by atoms with Crippen molar-refractivity contribution in [2.75, 3.05) is 16.8 Å². The van der Waals surface area contributed by atoms with Crippen LogP contribution in [0.25, 0.3) is 16.5 Å². The van der Waals surface area contributed by atoms with E-state index in [-0.39, 0.29) is 42.2 Å². The quantitative estimate of drug-likeness (QED) is 0.412. The summed E-state index contributed by atoms with van der Waals surface area (Å²) in [5.74, 6) is -0.292. The normalized spacial score (nSPS) is 15.6. The van der Waals surface area contributed by atoms with Gasteiger partial charge in [-0.15, -0.1) is 11.3 Å². The number of benzene rings is 1. The molecule has 10 heteroatoms. The smallest absolute Gasteiger partial charge is 0.252 e. The van der Waals surface area contributed by atoms with Crippen molar-refractivity contribution in [3.8, 4) is 16.5 Å². The van der Waals surface area contributed by atoms with Crippen LogP contribution in [0.4, 0.5) is 11.5 Å². The second-order valence-electron chi connectivity index (χ2n) is 9.19. The number of carbonyl (C=O) groups excluding carboxylic acids is 2. The van der Waals surface area contributed by atoms with E-state index in [1.165, 1.54) is 22.1 Å². The van der Waals surface area contributed by atoms with Crippen molar-refractivity contribution in [2.45, 2.75) is 33.1 Å². The Morgan fingerprint density at radius 2 is 2.00 bits per heavy atom. The molecular weight excluding hydrogens is 476 g/mol. The Hall–Kier alpha value is -4.05. The van der Waals surface area contributed by atoms with Crippen LogP contribution in [0, 0.1) is 12.8 Å². The van der Waals surface area contributed by atoms with E-state index in [1.54, 1.807) is 11.0 Å². The lowest BCUT2D eigenvalue weighted by Gasteiger charge is -2.17. The highest BCUT2D eigenvalue weighted by Crippen LogP contribution is 2.30. The van der Waals surface area contributed by atoms with Gasteiger partial charge in [0.25, 0.3) is 5.56 Å². The van der Waals surface area contributed by atoms with Crippen molar-refractivity contribution in [3.63, 3.8) is 0 Å². The average molecular weight is 503 g/mol. The minimum Gasteiger partial charge on any atom is -0.312 e. The van der Waals surface area contributed by atoms with E-state index in [2.05, 4.69) is 20.4 Å². The molecule has 0 saturated carbocycles. The highest BCUT2D eigenvalue weighted by molar-refractivity contribution is 7.13. The topological polar surface area (TPSA) is 113 Å². The number of aryl methyl sites for hydroxylation is 1. The van der Waals surface area contributed by atoms with Crippen molar-refractivity contribution in [1.82, 2.24) is 19.7 Å². The molecule has 1 unspecified atom stereocenters. The highest BCUT2D eigenvalue weighted by Gasteiger charge is 2.35. The summed E-state index contributed by atoms with van der Waals surface area (Å²) in [5, 5.41) is 9.50. The van der Waals surface area contributed by atoms with Gasteiger partial charge in [0.1, 0.15) is 11.5 Å². The van der Waals surface area contributed by atoms with E-state index in [4.69, 9.17) is 0 Å². The molecule has 4 aromatic rings. The predicted molar refractivity (Wildman–Crippen MR) is 140 cm³/mol. The molecule has 0 radical (unpaired) electrons. The number of aromatic nitrogens is 4. The van der Waals surface area contributed by atoms with Gasteiger partial charge < -0.3 is 10.2 Å². The molecule has 2 amide bonds. The molecule has 0 aliphatic carbocycles. The molecular formula is C26H26N6O3S. The first-order valence-corrected chi connectivity index (χ1v) is 12.6. The van der Waals surface area contributed by atoms with Gasteiger partial charge in [0.15, 0.2) is 0 Å². The third-order valence-corrected chi connectivity index (χ3v) is 6.98. The summed E-state index contributed by atoms with van der Waals surface area (Å²) in [6.07, 6.45) is 0.115. The number of hydrogen-bond donors (Lipinski definition) is 2. The summed E-state index contributed by atoms with van der Waals surface area (Å²) >= 11 is 1.52. The standard InChI is InChI=1S/C26H26N6O3S/c1-15(2)19-13-23(33)29-26(27-19)32-22(12-20(30-32)21-8-5-9-36-21)28-25(35)17-11-24(34)31(14-17)18-7-4-6-16(3)10-18/h4-10,12-13,15,17H,11,14H2,1-3H3,(H,28,35)(H,27,29,33). The molecule has 9 nitrogen and oxygen atoms in total. The monoisotopic (exact) mass is 502 g/mol. The molecule has 1 aliphatic rings. The van der Waals surface area contributed by atoms with Gasteiger partial charge in [-0.1, -0.05) is 32.0 Å². The molecule has 5 rings (SSSR count). The zero-order valence-corrected chi connectivity index (χ0v) is 21.0. The highest BCUT2D eigenvalue weighted by atomic mass is 32.1. The molecule has 1 aliphatic heterocycles. The van der Waals surface area contributed by atoms with Crippen molar-refractivity contribution >= 4 is 34.7 Å². The van der Waals surface area contributed by atoms with Gasteiger partial charge in [-0.25, -0.2) is 4.98 Å². The molecule has 1 aromatic carbocycles. The van der Waals surface area contributed by atoms with Crippen LogP contribution >= 0.6 is 11.3 Å². The van der Waals surface area contributed by atoms with E-state index >= 15 is 0 Å². The minimum absolute atomic E-state index is 0.0357. The molecule has 4 heterocycles. The fourth-order valence-corrected chi connectivity index (χ4v) is 4.87. The molecule has 1 fully saturated rings. The van der Waals surface area contributed by atoms with E-state index in [0.29, 0.717) is 17.2 Å². The maximum Gasteiger partial charge on any atom is 0.252 e. The third kappa shape index (κ3) is 4.72. The van der Waals surface area contributed by atoms with Gasteiger partial charge in [0.05, 0.1) is 16.5 Å². The maximum atomic E-state index is 13.3. The van der Waals surface area contributed by atoms with E-state index in [9.17, 15) is 14.4 Å². The number of thiophene rings is 1. The molecule has 1 atom stereocenters. The SMILES string of the molecule is Cc1cccc(N2CC(C(=O)Nc3cc(-c4cccs4)nn3-c3nc(C(C)C)cc(=O)[nH]3)CC2=O)c1. The third-order valence-electron chi connectivity index (χ3n) is 6.08. The summed E-state index contributed by atoms with van der Waals surface area (Å²) in [5.41, 5.74) is 2.79. The number of carbonyl (C=O) groups is 2. The fourth-order valence-electron chi connectivity index (χ4n) is 4.19. The van der Waals surface area contributed by atoms with Crippen LogP contribution < -0.4 is 15.8 Å². The lowest BCUT2D eigenvalue weighted by molar-refractivity contribution is -0.122. The zero-order chi connectivity index (χ0) is 25.4. The van der Waals surface area contributed by atoms with Gasteiger partial charge in [-0.2, -0.15) is 9.78 Å². The Morgan fingerprint density at radius 3 is 2.72 bits per heavy atom. The number of aromatic amines is 1. The molecule has 1 saturated heterocycles. The second-order valence-corrected chi connectivity index (χ2v) is 10.1. The summed E-state index contributed by atoms with van der Waals surface area (Å²) < 4.78 is 1.44. The Morgan fingerprint density at radius 1 is 1.17 bits per heavy atom. The van der Waals surface area contributed by atoms with Crippen LogP contribution in [0.1, 0.15) is 37.4 Å². The molecule has 36 heavy (non-hydrogen) atoms. The van der Waals surface area contributed by atoms with Crippen LogP contribution in [0.3, 0.4) is 0 Å². The van der Waals surface area contributed by atoms with Crippen molar-refractivity contribution in [1.29, 1.82) is 0 Å². The molecule has 184 valence electrons. The lowest BCUT2D eigenvalue weighted by Crippen LogP contribution is -2.29. The Labute approximate surface area is 211 Å². The van der Waals surface area contributed by atoms with Crippen molar-refractivity contribution in [3.05, 3.63) is 75.5 Å². The predicted octanol–water partition coefficient (Wildman–Crippen LogP) is 4.11. The fraction of sp³-hybridized carbons (Fsp3) is 0.269. The average Bonchev–Trinajstić information content (AvgIpc) is 3.58. The Bertz CT molecular complexity index is 1490. The number of amides is 2. The van der Waals surface area contributed by atoms with E-state index < -0.39 is 5.92 Å². The number of hydrogen-bond acceptors (Lipinski definition) is 6. The number of nitrogens with zero attached hydrogens (tertiary/aromatic N) is 4. The summed E-state index contributed by atoms with van der Waals surface area (Å²) in [6.45, 7) is 6.15. The minimum atomic E-state index is -0.527. The Balaban J connectivity index is 1.46.